The summed E-state index contributed by atoms with van der Waals surface area (Å²) in [6, 6.07) is 3.71. The van der Waals surface area contributed by atoms with Gasteiger partial charge >= 0.3 is 0 Å². The molecule has 0 aliphatic carbocycles. The van der Waals surface area contributed by atoms with Gasteiger partial charge in [-0.25, -0.2) is 0 Å². The second kappa shape index (κ2) is 3.68. The van der Waals surface area contributed by atoms with Crippen molar-refractivity contribution in [2.24, 2.45) is 0 Å². The van der Waals surface area contributed by atoms with Gasteiger partial charge in [-0.3, -0.25) is 0 Å². The molecule has 0 aliphatic rings. The molecule has 0 radical (unpaired) electrons. The van der Waals surface area contributed by atoms with Crippen molar-refractivity contribution in [3.8, 4) is 0 Å². The van der Waals surface area contributed by atoms with Crippen LogP contribution in [0.4, 0.5) is 0 Å². The van der Waals surface area contributed by atoms with Gasteiger partial charge in [-0.2, -0.15) is 0 Å². The van der Waals surface area contributed by atoms with Crippen molar-refractivity contribution in [2.45, 2.75) is 26.1 Å². The van der Waals surface area contributed by atoms with Crippen molar-refractivity contribution >= 4 is 10.8 Å². The van der Waals surface area contributed by atoms with Crippen LogP contribution in [0, 0.1) is 6.92 Å². The third kappa shape index (κ3) is 1.64. The zero-order valence-electron chi connectivity index (χ0n) is 8.77. The van der Waals surface area contributed by atoms with Gasteiger partial charge in [-0.05, 0) is 25.0 Å². The van der Waals surface area contributed by atoms with Crippen LogP contribution in [0.5, 0.6) is 0 Å². The highest BCUT2D eigenvalue weighted by Gasteiger charge is 2.17. The molecular formula is C12H14O3. The number of fused-ring (bicyclic) bond motifs is 1. The Morgan fingerprint density at radius 1 is 1.20 bits per heavy atom. The largest absolute Gasteiger partial charge is 0.471 e. The van der Waals surface area contributed by atoms with E-state index in [1.165, 1.54) is 0 Å². The van der Waals surface area contributed by atoms with Gasteiger partial charge in [-0.1, -0.05) is 12.1 Å². The molecule has 0 amide bonds. The fraction of sp³-hybridized carbons (Fsp3) is 0.333. The van der Waals surface area contributed by atoms with Crippen LogP contribution in [0.25, 0.3) is 10.8 Å². The molecule has 0 saturated carbocycles. The lowest BCUT2D eigenvalue weighted by Crippen LogP contribution is -2.14. The second-order valence-corrected chi connectivity index (χ2v) is 3.84. The zero-order chi connectivity index (χ0) is 11.0. The smallest absolute Gasteiger partial charge is 0.105 e. The van der Waals surface area contributed by atoms with Gasteiger partial charge < -0.3 is 14.6 Å². The van der Waals surface area contributed by atoms with Crippen LogP contribution in [0.2, 0.25) is 0 Å². The average Bonchev–Trinajstić information content (AvgIpc) is 2.66. The monoisotopic (exact) mass is 206 g/mol. The molecule has 80 valence electrons. The highest BCUT2D eigenvalue weighted by molar-refractivity contribution is 5.85. The Bertz CT molecular complexity index is 471. The quantitative estimate of drug-likeness (QED) is 0.791. The molecule has 2 rings (SSSR count). The molecule has 0 fully saturated rings. The van der Waals surface area contributed by atoms with Crippen molar-refractivity contribution in [1.82, 2.24) is 0 Å². The number of furan rings is 1. The number of aryl methyl sites for hydroxylation is 1. The number of aliphatic hydroxyl groups is 2. The predicted molar refractivity (Wildman–Crippen MR) is 57.6 cm³/mol. The van der Waals surface area contributed by atoms with E-state index in [1.54, 1.807) is 19.5 Å². The Hall–Kier alpha value is -1.32. The Labute approximate surface area is 88.0 Å². The Morgan fingerprint density at radius 3 is 2.60 bits per heavy atom. The first-order valence-electron chi connectivity index (χ1n) is 4.93. The van der Waals surface area contributed by atoms with E-state index in [0.29, 0.717) is 0 Å². The van der Waals surface area contributed by atoms with Crippen LogP contribution in [0.15, 0.2) is 29.1 Å². The fourth-order valence-electron chi connectivity index (χ4n) is 1.78. The number of hydrogen-bond acceptors (Lipinski definition) is 3. The average molecular weight is 206 g/mol. The second-order valence-electron chi connectivity index (χ2n) is 3.84. The maximum atomic E-state index is 9.79. The van der Waals surface area contributed by atoms with Crippen LogP contribution in [-0.4, -0.2) is 16.3 Å². The lowest BCUT2D eigenvalue weighted by Gasteiger charge is -2.16. The highest BCUT2D eigenvalue weighted by atomic mass is 16.3. The van der Waals surface area contributed by atoms with Crippen LogP contribution in [0.3, 0.4) is 0 Å². The van der Waals surface area contributed by atoms with Crippen LogP contribution in [0.1, 0.15) is 24.2 Å². The van der Waals surface area contributed by atoms with Crippen molar-refractivity contribution in [3.05, 3.63) is 35.8 Å². The topological polar surface area (TPSA) is 53.6 Å². The first-order valence-corrected chi connectivity index (χ1v) is 4.93. The molecule has 2 atom stereocenters. The van der Waals surface area contributed by atoms with Gasteiger partial charge in [0.25, 0.3) is 0 Å². The van der Waals surface area contributed by atoms with E-state index in [2.05, 4.69) is 0 Å². The van der Waals surface area contributed by atoms with Crippen molar-refractivity contribution in [2.75, 3.05) is 0 Å². The van der Waals surface area contributed by atoms with Crippen molar-refractivity contribution in [3.63, 3.8) is 0 Å². The molecule has 0 spiro atoms. The van der Waals surface area contributed by atoms with Gasteiger partial charge in [-0.15, -0.1) is 0 Å². The number of aliphatic hydroxyl groups excluding tert-OH is 2. The molecule has 15 heavy (non-hydrogen) atoms. The lowest BCUT2D eigenvalue weighted by molar-refractivity contribution is 0.0302. The molecular weight excluding hydrogens is 192 g/mol. The van der Waals surface area contributed by atoms with Gasteiger partial charge in [0.2, 0.25) is 0 Å². The van der Waals surface area contributed by atoms with Crippen molar-refractivity contribution in [1.29, 1.82) is 0 Å². The van der Waals surface area contributed by atoms with E-state index in [-0.39, 0.29) is 0 Å². The summed E-state index contributed by atoms with van der Waals surface area (Å²) in [7, 11) is 0. The van der Waals surface area contributed by atoms with Crippen LogP contribution in [-0.2, 0) is 0 Å². The van der Waals surface area contributed by atoms with E-state index >= 15 is 0 Å². The molecule has 2 aromatic rings. The fourth-order valence-corrected chi connectivity index (χ4v) is 1.78. The van der Waals surface area contributed by atoms with Crippen molar-refractivity contribution < 1.29 is 14.6 Å². The summed E-state index contributed by atoms with van der Waals surface area (Å²) in [6.45, 7) is 3.49. The number of benzene rings is 1. The summed E-state index contributed by atoms with van der Waals surface area (Å²) in [6.07, 6.45) is 1.71. The molecule has 1 aromatic carbocycles. The minimum absolute atomic E-state index is 0.749. The summed E-state index contributed by atoms with van der Waals surface area (Å²) < 4.78 is 5.10. The Kier molecular flexibility index (Phi) is 2.50. The molecule has 2 N–H and O–H groups in total. The maximum Gasteiger partial charge on any atom is 0.105 e. The summed E-state index contributed by atoms with van der Waals surface area (Å²) in [5.41, 5.74) is 1.70. The molecule has 1 heterocycles. The maximum absolute atomic E-state index is 9.79. The summed E-state index contributed by atoms with van der Waals surface area (Å²) >= 11 is 0. The van der Waals surface area contributed by atoms with E-state index in [0.717, 1.165) is 21.9 Å². The summed E-state index contributed by atoms with van der Waals surface area (Å²) in [5.74, 6) is 0. The van der Waals surface area contributed by atoms with Gasteiger partial charge in [0.1, 0.15) is 6.10 Å². The molecule has 0 bridgehead atoms. The van der Waals surface area contributed by atoms with E-state index in [4.69, 9.17) is 4.42 Å². The van der Waals surface area contributed by atoms with E-state index in [1.807, 2.05) is 19.1 Å². The minimum atomic E-state index is -0.843. The van der Waals surface area contributed by atoms with Gasteiger partial charge in [0.15, 0.2) is 0 Å². The third-order valence-electron chi connectivity index (χ3n) is 2.75. The Morgan fingerprint density at radius 2 is 1.93 bits per heavy atom. The lowest BCUT2D eigenvalue weighted by atomic mass is 9.97. The van der Waals surface area contributed by atoms with Gasteiger partial charge in [0.05, 0.1) is 18.6 Å². The molecule has 3 heteroatoms. The molecule has 0 aliphatic heterocycles. The van der Waals surface area contributed by atoms with Crippen LogP contribution < -0.4 is 0 Å². The molecule has 3 nitrogen and oxygen atoms in total. The SMILES string of the molecule is Cc1c(C(O)C(C)O)ccc2cocc12. The van der Waals surface area contributed by atoms with E-state index < -0.39 is 12.2 Å². The third-order valence-corrected chi connectivity index (χ3v) is 2.75. The normalized spacial score (nSPS) is 15.5. The minimum Gasteiger partial charge on any atom is -0.471 e. The Balaban J connectivity index is 2.57. The molecule has 1 aromatic heterocycles. The van der Waals surface area contributed by atoms with Gasteiger partial charge in [0, 0.05) is 10.8 Å². The standard InChI is InChI=1S/C12H14O3/c1-7-10(12(14)8(2)13)4-3-9-5-15-6-11(7)9/h3-6,8,12-14H,1-2H3. The molecule has 0 saturated heterocycles. The highest BCUT2D eigenvalue weighted by Crippen LogP contribution is 2.28. The number of rotatable bonds is 2. The summed E-state index contributed by atoms with van der Waals surface area (Å²) in [4.78, 5) is 0. The first kappa shape index (κ1) is 10.2. The summed E-state index contributed by atoms with van der Waals surface area (Å²) in [5, 5.41) is 21.1. The predicted octanol–water partition coefficient (Wildman–Crippen LogP) is 2.16. The van der Waals surface area contributed by atoms with E-state index in [9.17, 15) is 10.2 Å². The molecule has 2 unspecified atom stereocenters. The first-order chi connectivity index (χ1) is 7.11. The number of hydrogen-bond donors (Lipinski definition) is 2. The zero-order valence-corrected chi connectivity index (χ0v) is 8.77. The van der Waals surface area contributed by atoms with Crippen LogP contribution >= 0.6 is 0 Å².